The highest BCUT2D eigenvalue weighted by Crippen LogP contribution is 2.35. The first-order valence-corrected chi connectivity index (χ1v) is 11.7. The van der Waals surface area contributed by atoms with Gasteiger partial charge in [0.15, 0.2) is 11.5 Å². The topological polar surface area (TPSA) is 109 Å². The molecule has 0 aromatic heterocycles. The molecule has 0 saturated heterocycles. The number of benzene rings is 3. The fraction of sp³-hybridized carbons (Fsp3) is 0.115. The molecule has 35 heavy (non-hydrogen) atoms. The number of carboxylic acid groups (broad SMARTS) is 1. The Kier molecular flexibility index (Phi) is 8.73. The first-order valence-electron chi connectivity index (χ1n) is 10.2. The molecule has 3 aromatic rings. The number of carbonyl (C=O) groups is 2. The van der Waals surface area contributed by atoms with E-state index in [2.05, 4.69) is 27.9 Å². The Balaban J connectivity index is 1.79. The van der Waals surface area contributed by atoms with E-state index in [1.165, 1.54) is 25.3 Å². The Morgan fingerprint density at radius 3 is 2.49 bits per heavy atom. The van der Waals surface area contributed by atoms with Crippen LogP contribution < -0.4 is 14.8 Å². The molecule has 0 aliphatic heterocycles. The number of carboxylic acids is 1. The molecule has 7 nitrogen and oxygen atoms in total. The largest absolute Gasteiger partial charge is 0.493 e. The first-order chi connectivity index (χ1) is 16.7. The molecule has 0 radical (unpaired) electrons. The Labute approximate surface area is 221 Å². The third kappa shape index (κ3) is 6.74. The number of ether oxygens (including phenoxy) is 2. The van der Waals surface area contributed by atoms with Gasteiger partial charge in [-0.2, -0.15) is 5.26 Å². The second-order valence-corrected chi connectivity index (χ2v) is 8.98. The molecule has 0 unspecified atom stereocenters. The van der Waals surface area contributed by atoms with Crippen molar-refractivity contribution in [2.75, 3.05) is 12.4 Å². The number of carbonyl (C=O) groups excluding carboxylic acids is 1. The predicted octanol–water partition coefficient (Wildman–Crippen LogP) is 6.08. The Morgan fingerprint density at radius 2 is 1.89 bits per heavy atom. The van der Waals surface area contributed by atoms with E-state index in [9.17, 15) is 14.9 Å². The molecule has 0 heterocycles. The Morgan fingerprint density at radius 1 is 1.17 bits per heavy atom. The van der Waals surface area contributed by atoms with E-state index in [1.54, 1.807) is 42.5 Å². The van der Waals surface area contributed by atoms with Crippen LogP contribution in [0, 0.1) is 21.8 Å². The summed E-state index contributed by atoms with van der Waals surface area (Å²) in [6, 6.07) is 16.8. The second kappa shape index (κ2) is 11.7. The second-order valence-electron chi connectivity index (χ2n) is 7.41. The summed E-state index contributed by atoms with van der Waals surface area (Å²) in [7, 11) is 1.49. The van der Waals surface area contributed by atoms with Crippen molar-refractivity contribution in [3.63, 3.8) is 0 Å². The third-order valence-corrected chi connectivity index (χ3v) is 6.15. The van der Waals surface area contributed by atoms with Crippen molar-refractivity contribution in [2.45, 2.75) is 13.5 Å². The zero-order valence-corrected chi connectivity index (χ0v) is 21.7. The van der Waals surface area contributed by atoms with Crippen LogP contribution in [0.25, 0.3) is 6.08 Å². The summed E-state index contributed by atoms with van der Waals surface area (Å²) < 4.78 is 12.1. The van der Waals surface area contributed by atoms with Crippen molar-refractivity contribution >= 4 is 57.8 Å². The zero-order chi connectivity index (χ0) is 25.5. The van der Waals surface area contributed by atoms with Crippen LogP contribution >= 0.6 is 34.2 Å². The summed E-state index contributed by atoms with van der Waals surface area (Å²) in [6.07, 6.45) is 1.46. The molecule has 3 aromatic carbocycles. The summed E-state index contributed by atoms with van der Waals surface area (Å²) >= 11 is 8.19. The summed E-state index contributed by atoms with van der Waals surface area (Å²) in [4.78, 5) is 23.6. The van der Waals surface area contributed by atoms with Crippen molar-refractivity contribution in [3.05, 3.63) is 91.0 Å². The first kappa shape index (κ1) is 26.1. The highest BCUT2D eigenvalue weighted by Gasteiger charge is 2.15. The van der Waals surface area contributed by atoms with Crippen LogP contribution in [0.1, 0.15) is 27.0 Å². The van der Waals surface area contributed by atoms with Gasteiger partial charge in [0.25, 0.3) is 5.91 Å². The van der Waals surface area contributed by atoms with Crippen LogP contribution in [0.4, 0.5) is 5.69 Å². The maximum Gasteiger partial charge on any atom is 0.335 e. The summed E-state index contributed by atoms with van der Waals surface area (Å²) in [6.45, 7) is 2.05. The van der Waals surface area contributed by atoms with Gasteiger partial charge >= 0.3 is 5.97 Å². The molecule has 2 N–H and O–H groups in total. The van der Waals surface area contributed by atoms with E-state index in [1.807, 2.05) is 13.0 Å². The van der Waals surface area contributed by atoms with Gasteiger partial charge in [-0.3, -0.25) is 4.79 Å². The molecule has 9 heteroatoms. The maximum atomic E-state index is 12.6. The van der Waals surface area contributed by atoms with Gasteiger partial charge in [0.1, 0.15) is 18.2 Å². The Hall–Kier alpha value is -3.55. The number of amides is 1. The lowest BCUT2D eigenvalue weighted by molar-refractivity contribution is -0.112. The number of anilines is 1. The van der Waals surface area contributed by atoms with Crippen LogP contribution in [-0.2, 0) is 11.4 Å². The fourth-order valence-electron chi connectivity index (χ4n) is 3.05. The number of nitriles is 1. The van der Waals surface area contributed by atoms with E-state index in [4.69, 9.17) is 26.2 Å². The van der Waals surface area contributed by atoms with Crippen LogP contribution in [0.2, 0.25) is 5.02 Å². The average Bonchev–Trinajstić information content (AvgIpc) is 2.84. The highest BCUT2D eigenvalue weighted by atomic mass is 127. The maximum absolute atomic E-state index is 12.6. The predicted molar refractivity (Wildman–Crippen MR) is 142 cm³/mol. The number of nitrogens with zero attached hydrogens (tertiary/aromatic N) is 1. The van der Waals surface area contributed by atoms with Gasteiger partial charge < -0.3 is 19.9 Å². The quantitative estimate of drug-likeness (QED) is 0.184. The minimum absolute atomic E-state index is 0.0910. The normalized spacial score (nSPS) is 10.9. The molecule has 1 amide bonds. The number of hydrogen-bond donors (Lipinski definition) is 2. The molecule has 3 rings (SSSR count). The molecule has 178 valence electrons. The van der Waals surface area contributed by atoms with Crippen LogP contribution in [0.15, 0.2) is 60.2 Å². The van der Waals surface area contributed by atoms with Crippen LogP contribution in [0.3, 0.4) is 0 Å². The third-order valence-electron chi connectivity index (χ3n) is 4.94. The van der Waals surface area contributed by atoms with Crippen molar-refractivity contribution in [1.82, 2.24) is 0 Å². The number of aryl methyl sites for hydroxylation is 1. The molecule has 0 spiro atoms. The molecule has 0 fully saturated rings. The molecule has 0 bridgehead atoms. The summed E-state index contributed by atoms with van der Waals surface area (Å²) in [5, 5.41) is 21.8. The van der Waals surface area contributed by atoms with Gasteiger partial charge in [-0.25, -0.2) is 4.79 Å². The highest BCUT2D eigenvalue weighted by molar-refractivity contribution is 14.1. The lowest BCUT2D eigenvalue weighted by Crippen LogP contribution is -2.13. The standard InChI is InChI=1S/C26H20ClIN2O5/c1-15-3-8-20(12-21(15)27)30-25(31)19(13-29)9-17-10-22(28)24(23(11-17)34-2)35-14-16-4-6-18(7-5-16)26(32)33/h3-12H,14H2,1-2H3,(H,30,31)(H,32,33). The minimum Gasteiger partial charge on any atom is -0.493 e. The lowest BCUT2D eigenvalue weighted by atomic mass is 10.1. The van der Waals surface area contributed by atoms with E-state index in [0.717, 1.165) is 11.1 Å². The number of halogens is 2. The number of methoxy groups -OCH3 is 1. The van der Waals surface area contributed by atoms with Crippen molar-refractivity contribution < 1.29 is 24.2 Å². The van der Waals surface area contributed by atoms with Crippen molar-refractivity contribution in [1.29, 1.82) is 5.26 Å². The molecular weight excluding hydrogens is 583 g/mol. The van der Waals surface area contributed by atoms with Gasteiger partial charge in [0, 0.05) is 10.7 Å². The van der Waals surface area contributed by atoms with Gasteiger partial charge in [0.2, 0.25) is 0 Å². The molecule has 0 atom stereocenters. The van der Waals surface area contributed by atoms with Gasteiger partial charge in [-0.05, 0) is 88.7 Å². The SMILES string of the molecule is COc1cc(C=C(C#N)C(=O)Nc2ccc(C)c(Cl)c2)cc(I)c1OCc1ccc(C(=O)O)cc1. The fourth-order valence-corrected chi connectivity index (χ4v) is 4.01. The summed E-state index contributed by atoms with van der Waals surface area (Å²) in [5.74, 6) is -0.643. The lowest BCUT2D eigenvalue weighted by Gasteiger charge is -2.14. The van der Waals surface area contributed by atoms with Crippen LogP contribution in [0.5, 0.6) is 11.5 Å². The van der Waals surface area contributed by atoms with E-state index >= 15 is 0 Å². The van der Waals surface area contributed by atoms with E-state index in [0.29, 0.717) is 31.3 Å². The monoisotopic (exact) mass is 602 g/mol. The summed E-state index contributed by atoms with van der Waals surface area (Å²) in [5.41, 5.74) is 2.84. The van der Waals surface area contributed by atoms with Crippen molar-refractivity contribution in [3.8, 4) is 17.6 Å². The molecular formula is C26H20ClIN2O5. The minimum atomic E-state index is -0.995. The number of rotatable bonds is 8. The van der Waals surface area contributed by atoms with E-state index in [-0.39, 0.29) is 17.7 Å². The van der Waals surface area contributed by atoms with Crippen LogP contribution in [-0.4, -0.2) is 24.1 Å². The van der Waals surface area contributed by atoms with Gasteiger partial charge in [0.05, 0.1) is 16.2 Å². The Bertz CT molecular complexity index is 1350. The van der Waals surface area contributed by atoms with Gasteiger partial charge in [-0.1, -0.05) is 29.8 Å². The molecule has 0 aliphatic carbocycles. The van der Waals surface area contributed by atoms with E-state index < -0.39 is 11.9 Å². The van der Waals surface area contributed by atoms with Gasteiger partial charge in [-0.15, -0.1) is 0 Å². The number of aromatic carboxylic acids is 1. The number of nitrogens with one attached hydrogen (secondary N) is 1. The number of hydrogen-bond acceptors (Lipinski definition) is 5. The van der Waals surface area contributed by atoms with Crippen molar-refractivity contribution in [2.24, 2.45) is 0 Å². The zero-order valence-electron chi connectivity index (χ0n) is 18.8. The molecule has 0 saturated carbocycles. The molecule has 0 aliphatic rings. The smallest absolute Gasteiger partial charge is 0.335 e. The average molecular weight is 603 g/mol.